The quantitative estimate of drug-likeness (QED) is 0.495. The zero-order chi connectivity index (χ0) is 19.2. The van der Waals surface area contributed by atoms with Crippen molar-refractivity contribution in [3.8, 4) is 5.75 Å². The Kier molecular flexibility index (Phi) is 6.08. The number of rotatable bonds is 9. The van der Waals surface area contributed by atoms with Crippen molar-refractivity contribution in [3.63, 3.8) is 0 Å². The summed E-state index contributed by atoms with van der Waals surface area (Å²) in [5.41, 5.74) is 15.1. The molecule has 1 aromatic carbocycles. The third-order valence-corrected chi connectivity index (χ3v) is 4.37. The molecule has 0 radical (unpaired) electrons. The van der Waals surface area contributed by atoms with Crippen molar-refractivity contribution in [2.24, 2.45) is 5.73 Å². The Morgan fingerprint density at radius 3 is 2.85 bits per heavy atom. The number of aromatic nitrogens is 4. The van der Waals surface area contributed by atoms with E-state index in [-0.39, 0.29) is 5.95 Å². The molecule has 0 aliphatic rings. The Morgan fingerprint density at radius 1 is 1.26 bits per heavy atom. The molecule has 0 saturated heterocycles. The Morgan fingerprint density at radius 2 is 2.11 bits per heavy atom. The van der Waals surface area contributed by atoms with Gasteiger partial charge in [0, 0.05) is 12.1 Å². The SMILES string of the molecule is CCCCNc1nc(N)nc2cn(Cc3ccc(CCN)cc3OC)nc12. The van der Waals surface area contributed by atoms with E-state index in [0.29, 0.717) is 18.9 Å². The molecule has 2 aromatic heterocycles. The van der Waals surface area contributed by atoms with Crippen molar-refractivity contribution in [2.75, 3.05) is 31.2 Å². The molecule has 0 atom stereocenters. The fourth-order valence-electron chi connectivity index (χ4n) is 2.98. The van der Waals surface area contributed by atoms with E-state index in [0.717, 1.165) is 53.7 Å². The summed E-state index contributed by atoms with van der Waals surface area (Å²) in [6.07, 6.45) is 4.86. The summed E-state index contributed by atoms with van der Waals surface area (Å²) >= 11 is 0. The maximum absolute atomic E-state index is 5.85. The number of ether oxygens (including phenoxy) is 1. The normalized spacial score (nSPS) is 11.1. The highest BCUT2D eigenvalue weighted by Gasteiger charge is 2.12. The van der Waals surface area contributed by atoms with Crippen LogP contribution in [0.15, 0.2) is 24.4 Å². The number of fused-ring (bicyclic) bond motifs is 1. The summed E-state index contributed by atoms with van der Waals surface area (Å²) in [4.78, 5) is 8.61. The molecule has 0 unspecified atom stereocenters. The molecule has 2 heterocycles. The molecule has 0 amide bonds. The number of nitrogens with two attached hydrogens (primary N) is 2. The predicted octanol–water partition coefficient (Wildman–Crippen LogP) is 2.18. The fourth-order valence-corrected chi connectivity index (χ4v) is 2.98. The second kappa shape index (κ2) is 8.68. The Labute approximate surface area is 158 Å². The molecule has 8 nitrogen and oxygen atoms in total. The second-order valence-corrected chi connectivity index (χ2v) is 6.46. The van der Waals surface area contributed by atoms with E-state index in [9.17, 15) is 0 Å². The largest absolute Gasteiger partial charge is 0.496 e. The number of nitrogens with one attached hydrogen (secondary N) is 1. The molecule has 0 saturated carbocycles. The van der Waals surface area contributed by atoms with Crippen LogP contribution in [0.3, 0.4) is 0 Å². The summed E-state index contributed by atoms with van der Waals surface area (Å²) < 4.78 is 7.38. The number of anilines is 2. The number of hydrogen-bond donors (Lipinski definition) is 3. The van der Waals surface area contributed by atoms with E-state index >= 15 is 0 Å². The number of nitrogens with zero attached hydrogens (tertiary/aromatic N) is 4. The van der Waals surface area contributed by atoms with E-state index in [1.807, 2.05) is 16.9 Å². The first-order chi connectivity index (χ1) is 13.1. The minimum absolute atomic E-state index is 0.241. The predicted molar refractivity (Wildman–Crippen MR) is 108 cm³/mol. The number of benzene rings is 1. The maximum atomic E-state index is 5.85. The van der Waals surface area contributed by atoms with Gasteiger partial charge in [-0.25, -0.2) is 4.98 Å². The van der Waals surface area contributed by atoms with E-state index in [4.69, 9.17) is 16.2 Å². The lowest BCUT2D eigenvalue weighted by Crippen LogP contribution is -2.07. The van der Waals surface area contributed by atoms with E-state index < -0.39 is 0 Å². The summed E-state index contributed by atoms with van der Waals surface area (Å²) in [7, 11) is 1.67. The average Bonchev–Trinajstić information content (AvgIpc) is 3.05. The van der Waals surface area contributed by atoms with Crippen LogP contribution < -0.4 is 21.5 Å². The summed E-state index contributed by atoms with van der Waals surface area (Å²) in [6, 6.07) is 6.15. The van der Waals surface area contributed by atoms with Gasteiger partial charge in [0.25, 0.3) is 0 Å². The van der Waals surface area contributed by atoms with Gasteiger partial charge in [0.2, 0.25) is 5.95 Å². The van der Waals surface area contributed by atoms with Gasteiger partial charge in [-0.2, -0.15) is 10.1 Å². The van der Waals surface area contributed by atoms with Crippen molar-refractivity contribution in [2.45, 2.75) is 32.7 Å². The highest BCUT2D eigenvalue weighted by Crippen LogP contribution is 2.24. The second-order valence-electron chi connectivity index (χ2n) is 6.46. The van der Waals surface area contributed by atoms with Gasteiger partial charge in [-0.05, 0) is 31.0 Å². The van der Waals surface area contributed by atoms with Crippen LogP contribution in [0.4, 0.5) is 11.8 Å². The number of methoxy groups -OCH3 is 1. The lowest BCUT2D eigenvalue weighted by Gasteiger charge is -2.10. The van der Waals surface area contributed by atoms with Gasteiger partial charge in [-0.1, -0.05) is 25.5 Å². The average molecular weight is 369 g/mol. The van der Waals surface area contributed by atoms with Crippen molar-refractivity contribution >= 4 is 22.8 Å². The number of hydrogen-bond acceptors (Lipinski definition) is 7. The summed E-state index contributed by atoms with van der Waals surface area (Å²) in [6.45, 7) is 4.15. The van der Waals surface area contributed by atoms with Crippen LogP contribution in [-0.2, 0) is 13.0 Å². The molecule has 3 rings (SSSR count). The molecule has 0 spiro atoms. The Hall–Kier alpha value is -2.87. The van der Waals surface area contributed by atoms with Gasteiger partial charge in [0.05, 0.1) is 19.9 Å². The minimum Gasteiger partial charge on any atom is -0.496 e. The molecule has 0 fully saturated rings. The van der Waals surface area contributed by atoms with Gasteiger partial charge in [0.15, 0.2) is 11.3 Å². The summed E-state index contributed by atoms with van der Waals surface area (Å²) in [5, 5.41) is 7.97. The molecule has 5 N–H and O–H groups in total. The van der Waals surface area contributed by atoms with Crippen LogP contribution in [0.25, 0.3) is 11.0 Å². The van der Waals surface area contributed by atoms with E-state index in [1.54, 1.807) is 7.11 Å². The fraction of sp³-hybridized carbons (Fsp3) is 0.421. The van der Waals surface area contributed by atoms with Gasteiger partial charge in [-0.3, -0.25) is 4.68 Å². The third-order valence-electron chi connectivity index (χ3n) is 4.37. The first kappa shape index (κ1) is 18.9. The van der Waals surface area contributed by atoms with Crippen molar-refractivity contribution < 1.29 is 4.74 Å². The van der Waals surface area contributed by atoms with E-state index in [1.165, 1.54) is 0 Å². The van der Waals surface area contributed by atoms with Crippen molar-refractivity contribution in [3.05, 3.63) is 35.5 Å². The molecular formula is C19H27N7O. The van der Waals surface area contributed by atoms with Crippen LogP contribution in [0, 0.1) is 0 Å². The molecule has 144 valence electrons. The third kappa shape index (κ3) is 4.46. The topological polar surface area (TPSA) is 117 Å². The van der Waals surface area contributed by atoms with Gasteiger partial charge in [0.1, 0.15) is 11.3 Å². The first-order valence-corrected chi connectivity index (χ1v) is 9.25. The van der Waals surface area contributed by atoms with Crippen molar-refractivity contribution in [1.82, 2.24) is 19.7 Å². The number of unbranched alkanes of at least 4 members (excludes halogenated alkanes) is 1. The standard InChI is InChI=1S/C19H27N7O/c1-3-4-9-22-18-17-15(23-19(21)24-18)12-26(25-17)11-14-6-5-13(7-8-20)10-16(14)27-2/h5-6,10,12H,3-4,7-9,11,20H2,1-2H3,(H3,21,22,23,24). The minimum atomic E-state index is 0.241. The van der Waals surface area contributed by atoms with Crippen LogP contribution in [0.2, 0.25) is 0 Å². The number of nitrogen functional groups attached to an aromatic ring is 1. The zero-order valence-electron chi connectivity index (χ0n) is 15.9. The summed E-state index contributed by atoms with van der Waals surface area (Å²) in [5.74, 6) is 1.74. The smallest absolute Gasteiger partial charge is 0.222 e. The highest BCUT2D eigenvalue weighted by molar-refractivity contribution is 5.85. The molecule has 3 aromatic rings. The van der Waals surface area contributed by atoms with Crippen LogP contribution in [0.5, 0.6) is 5.75 Å². The molecule has 0 bridgehead atoms. The monoisotopic (exact) mass is 369 g/mol. The molecule has 0 aliphatic carbocycles. The maximum Gasteiger partial charge on any atom is 0.222 e. The highest BCUT2D eigenvalue weighted by atomic mass is 16.5. The molecule has 0 aliphatic heterocycles. The van der Waals surface area contributed by atoms with Crippen LogP contribution in [0.1, 0.15) is 30.9 Å². The van der Waals surface area contributed by atoms with E-state index in [2.05, 4.69) is 39.4 Å². The molecule has 8 heteroatoms. The van der Waals surface area contributed by atoms with Gasteiger partial charge in [-0.15, -0.1) is 0 Å². The Bertz CT molecular complexity index is 906. The van der Waals surface area contributed by atoms with Gasteiger partial charge < -0.3 is 21.5 Å². The molecular weight excluding hydrogens is 342 g/mol. The lowest BCUT2D eigenvalue weighted by molar-refractivity contribution is 0.407. The Balaban J connectivity index is 1.88. The van der Waals surface area contributed by atoms with Crippen LogP contribution >= 0.6 is 0 Å². The first-order valence-electron chi connectivity index (χ1n) is 9.25. The van der Waals surface area contributed by atoms with Crippen molar-refractivity contribution in [1.29, 1.82) is 0 Å². The van der Waals surface area contributed by atoms with Crippen LogP contribution in [-0.4, -0.2) is 39.9 Å². The zero-order valence-corrected chi connectivity index (χ0v) is 15.9. The molecule has 27 heavy (non-hydrogen) atoms. The van der Waals surface area contributed by atoms with Gasteiger partial charge >= 0.3 is 0 Å². The lowest BCUT2D eigenvalue weighted by atomic mass is 10.1.